The molecule has 0 radical (unpaired) electrons. The minimum atomic E-state index is -1.34. The Morgan fingerprint density at radius 3 is 2.70 bits per heavy atom. The monoisotopic (exact) mass is 277 g/mol. The Morgan fingerprint density at radius 1 is 1.60 bits per heavy atom. The molecule has 0 fully saturated rings. The number of anilines is 1. The van der Waals surface area contributed by atoms with Crippen LogP contribution in [0.1, 0.15) is 24.2 Å². The topological polar surface area (TPSA) is 107 Å². The van der Waals surface area contributed by atoms with Gasteiger partial charge in [0.05, 0.1) is 16.9 Å². The van der Waals surface area contributed by atoms with E-state index in [2.05, 4.69) is 6.07 Å². The molecule has 0 spiro atoms. The molecule has 0 aliphatic heterocycles. The molecule has 0 bridgehead atoms. The molecular weight excluding hydrogens is 262 g/mol. The first-order chi connectivity index (χ1) is 9.42. The number of rotatable bonds is 6. The Balaban J connectivity index is 3.35. The highest BCUT2D eigenvalue weighted by atomic mass is 16.6. The molecule has 0 amide bonds. The van der Waals surface area contributed by atoms with Crippen molar-refractivity contribution in [2.45, 2.75) is 13.8 Å². The lowest BCUT2D eigenvalue weighted by atomic mass is 10.1. The van der Waals surface area contributed by atoms with Crippen molar-refractivity contribution in [1.29, 1.82) is 5.26 Å². The summed E-state index contributed by atoms with van der Waals surface area (Å²) in [6.07, 6.45) is 0. The molecular formula is C13H15N3O4. The fourth-order valence-electron chi connectivity index (χ4n) is 1.92. The summed E-state index contributed by atoms with van der Waals surface area (Å²) in [5.74, 6) is -1.66. The van der Waals surface area contributed by atoms with Crippen LogP contribution in [-0.4, -0.2) is 29.1 Å². The Labute approximate surface area is 116 Å². The van der Waals surface area contributed by atoms with E-state index >= 15 is 0 Å². The number of para-hydroxylation sites is 1. The fourth-order valence-corrected chi connectivity index (χ4v) is 1.92. The van der Waals surface area contributed by atoms with Crippen LogP contribution in [0.3, 0.4) is 0 Å². The van der Waals surface area contributed by atoms with Crippen molar-refractivity contribution in [3.05, 3.63) is 33.9 Å². The number of nitrogens with zero attached hydrogens (tertiary/aromatic N) is 3. The summed E-state index contributed by atoms with van der Waals surface area (Å²) in [6, 6.07) is 6.22. The zero-order chi connectivity index (χ0) is 15.3. The molecule has 7 heteroatoms. The minimum absolute atomic E-state index is 0.222. The van der Waals surface area contributed by atoms with E-state index in [9.17, 15) is 14.9 Å². The van der Waals surface area contributed by atoms with Gasteiger partial charge in [-0.1, -0.05) is 6.07 Å². The molecule has 7 nitrogen and oxygen atoms in total. The molecule has 0 aliphatic carbocycles. The summed E-state index contributed by atoms with van der Waals surface area (Å²) in [5, 5.41) is 29.1. The van der Waals surface area contributed by atoms with Gasteiger partial charge >= 0.3 is 11.7 Å². The molecule has 0 aliphatic rings. The van der Waals surface area contributed by atoms with Crippen LogP contribution < -0.4 is 4.90 Å². The number of benzene rings is 1. The highest BCUT2D eigenvalue weighted by Crippen LogP contribution is 2.32. The van der Waals surface area contributed by atoms with Gasteiger partial charge in [0.15, 0.2) is 0 Å². The normalized spacial score (nSPS) is 11.4. The zero-order valence-electron chi connectivity index (χ0n) is 11.2. The number of nitro groups is 1. The lowest BCUT2D eigenvalue weighted by Gasteiger charge is -2.24. The van der Waals surface area contributed by atoms with Crippen molar-refractivity contribution < 1.29 is 14.8 Å². The first-order valence-electron chi connectivity index (χ1n) is 6.07. The van der Waals surface area contributed by atoms with Crippen molar-refractivity contribution in [2.24, 2.45) is 5.92 Å². The van der Waals surface area contributed by atoms with Gasteiger partial charge in [-0.05, 0) is 26.0 Å². The molecule has 0 heterocycles. The molecule has 0 aromatic heterocycles. The number of carbonyl (C=O) groups is 1. The maximum atomic E-state index is 11.2. The molecule has 106 valence electrons. The number of nitro benzene ring substituents is 1. The van der Waals surface area contributed by atoms with Crippen LogP contribution in [0.5, 0.6) is 0 Å². The minimum Gasteiger partial charge on any atom is -0.477 e. The molecule has 0 saturated heterocycles. The van der Waals surface area contributed by atoms with Gasteiger partial charge in [0, 0.05) is 13.1 Å². The van der Waals surface area contributed by atoms with Crippen molar-refractivity contribution >= 4 is 17.3 Å². The van der Waals surface area contributed by atoms with Gasteiger partial charge in [-0.25, -0.2) is 4.79 Å². The van der Waals surface area contributed by atoms with E-state index in [0.717, 1.165) is 0 Å². The second-order valence-corrected chi connectivity index (χ2v) is 4.30. The summed E-state index contributed by atoms with van der Waals surface area (Å²) >= 11 is 0. The summed E-state index contributed by atoms with van der Waals surface area (Å²) in [6.45, 7) is 4.24. The lowest BCUT2D eigenvalue weighted by molar-refractivity contribution is -0.384. The van der Waals surface area contributed by atoms with Crippen LogP contribution >= 0.6 is 0 Å². The molecule has 1 atom stereocenters. The predicted octanol–water partition coefficient (Wildman–Crippen LogP) is 2.28. The van der Waals surface area contributed by atoms with E-state index in [-0.39, 0.29) is 17.2 Å². The summed E-state index contributed by atoms with van der Waals surface area (Å²) < 4.78 is 0. The van der Waals surface area contributed by atoms with Crippen LogP contribution in [0.2, 0.25) is 0 Å². The van der Waals surface area contributed by atoms with Gasteiger partial charge in [-0.15, -0.1) is 0 Å². The van der Waals surface area contributed by atoms with Gasteiger partial charge in [0.1, 0.15) is 11.3 Å². The number of carboxylic acids is 1. The van der Waals surface area contributed by atoms with Gasteiger partial charge in [-0.3, -0.25) is 10.1 Å². The zero-order valence-corrected chi connectivity index (χ0v) is 11.2. The third kappa shape index (κ3) is 3.23. The first-order valence-corrected chi connectivity index (χ1v) is 6.07. The van der Waals surface area contributed by atoms with Gasteiger partial charge in [0.2, 0.25) is 0 Å². The van der Waals surface area contributed by atoms with Crippen LogP contribution in [0, 0.1) is 27.4 Å². The average molecular weight is 277 g/mol. The second-order valence-electron chi connectivity index (χ2n) is 4.30. The summed E-state index contributed by atoms with van der Waals surface area (Å²) in [7, 11) is 0. The molecule has 1 aromatic rings. The molecule has 1 aromatic carbocycles. The Kier molecular flexibility index (Phi) is 5.03. The summed E-state index contributed by atoms with van der Waals surface area (Å²) in [4.78, 5) is 23.2. The van der Waals surface area contributed by atoms with E-state index in [1.807, 2.05) is 0 Å². The van der Waals surface area contributed by atoms with E-state index in [1.165, 1.54) is 18.2 Å². The molecule has 1 rings (SSSR count). The van der Waals surface area contributed by atoms with Crippen LogP contribution in [0.25, 0.3) is 0 Å². The van der Waals surface area contributed by atoms with Gasteiger partial charge in [0.25, 0.3) is 0 Å². The largest absolute Gasteiger partial charge is 0.477 e. The van der Waals surface area contributed by atoms with Crippen LogP contribution in [0.15, 0.2) is 18.2 Å². The molecule has 20 heavy (non-hydrogen) atoms. The third-order valence-corrected chi connectivity index (χ3v) is 2.86. The van der Waals surface area contributed by atoms with Crippen molar-refractivity contribution in [3.8, 4) is 6.07 Å². The van der Waals surface area contributed by atoms with Crippen molar-refractivity contribution in [1.82, 2.24) is 0 Å². The maximum absolute atomic E-state index is 11.2. The molecule has 0 saturated carbocycles. The van der Waals surface area contributed by atoms with Gasteiger partial charge < -0.3 is 10.0 Å². The Hall–Kier alpha value is -2.62. The van der Waals surface area contributed by atoms with Crippen molar-refractivity contribution in [3.63, 3.8) is 0 Å². The van der Waals surface area contributed by atoms with Crippen molar-refractivity contribution in [2.75, 3.05) is 18.0 Å². The molecule has 1 unspecified atom stereocenters. The predicted molar refractivity (Wildman–Crippen MR) is 72.7 cm³/mol. The van der Waals surface area contributed by atoms with E-state index in [4.69, 9.17) is 10.4 Å². The van der Waals surface area contributed by atoms with Crippen LogP contribution in [-0.2, 0) is 0 Å². The Bertz CT molecular complexity index is 565. The smallest absolute Gasteiger partial charge is 0.342 e. The first kappa shape index (κ1) is 15.4. The second kappa shape index (κ2) is 6.52. The maximum Gasteiger partial charge on any atom is 0.342 e. The number of nitriles is 1. The highest BCUT2D eigenvalue weighted by molar-refractivity contribution is 5.95. The Morgan fingerprint density at radius 2 is 2.25 bits per heavy atom. The van der Waals surface area contributed by atoms with E-state index in [0.29, 0.717) is 13.1 Å². The van der Waals surface area contributed by atoms with Crippen LogP contribution in [0.4, 0.5) is 11.4 Å². The summed E-state index contributed by atoms with van der Waals surface area (Å²) in [5.41, 5.74) is -0.568. The third-order valence-electron chi connectivity index (χ3n) is 2.86. The SMILES string of the molecule is CCN(CC(C)C#N)c1cccc(C(=O)O)c1[N+](=O)[O-]. The van der Waals surface area contributed by atoms with E-state index in [1.54, 1.807) is 18.7 Å². The standard InChI is InChI=1S/C13H15N3O4/c1-3-15(8-9(2)7-14)11-6-4-5-10(13(17)18)12(11)16(19)20/h4-6,9H,3,8H2,1-2H3,(H,17,18). The number of hydrogen-bond acceptors (Lipinski definition) is 5. The quantitative estimate of drug-likeness (QED) is 0.631. The average Bonchev–Trinajstić information content (AvgIpc) is 2.43. The fraction of sp³-hybridized carbons (Fsp3) is 0.385. The van der Waals surface area contributed by atoms with Gasteiger partial charge in [-0.2, -0.15) is 5.26 Å². The lowest BCUT2D eigenvalue weighted by Crippen LogP contribution is -2.28. The molecule has 1 N–H and O–H groups in total. The highest BCUT2D eigenvalue weighted by Gasteiger charge is 2.27. The van der Waals surface area contributed by atoms with E-state index < -0.39 is 16.6 Å². The number of aromatic carboxylic acids is 1. The number of hydrogen-bond donors (Lipinski definition) is 1. The number of carboxylic acid groups (broad SMARTS) is 1.